The van der Waals surface area contributed by atoms with Gasteiger partial charge in [0.15, 0.2) is 0 Å². The molecule has 0 radical (unpaired) electrons. The standard InChI is InChI=1S/C9H13ClF3N/c1-8(2)5(6(8)4-14)3-7(10)9(11,12)13/h3,5-6H,4,14H2,1-2H3. The van der Waals surface area contributed by atoms with Crippen molar-refractivity contribution < 1.29 is 13.2 Å². The number of allylic oxidation sites excluding steroid dienone is 2. The van der Waals surface area contributed by atoms with Crippen molar-refractivity contribution in [3.63, 3.8) is 0 Å². The molecule has 0 aromatic carbocycles. The van der Waals surface area contributed by atoms with Gasteiger partial charge in [-0.2, -0.15) is 13.2 Å². The van der Waals surface area contributed by atoms with Gasteiger partial charge in [-0.25, -0.2) is 0 Å². The molecule has 82 valence electrons. The fourth-order valence-corrected chi connectivity index (χ4v) is 1.96. The smallest absolute Gasteiger partial charge is 0.330 e. The molecule has 0 heterocycles. The Morgan fingerprint density at radius 2 is 2.00 bits per heavy atom. The van der Waals surface area contributed by atoms with Crippen molar-refractivity contribution in [2.75, 3.05) is 6.54 Å². The minimum absolute atomic E-state index is 0.110. The van der Waals surface area contributed by atoms with Crippen LogP contribution in [0.2, 0.25) is 0 Å². The molecule has 2 atom stereocenters. The molecular weight excluding hydrogens is 215 g/mol. The van der Waals surface area contributed by atoms with Crippen molar-refractivity contribution in [2.24, 2.45) is 23.0 Å². The van der Waals surface area contributed by atoms with E-state index in [2.05, 4.69) is 0 Å². The van der Waals surface area contributed by atoms with E-state index < -0.39 is 11.2 Å². The van der Waals surface area contributed by atoms with Crippen LogP contribution in [0, 0.1) is 17.3 Å². The van der Waals surface area contributed by atoms with Gasteiger partial charge in [-0.3, -0.25) is 0 Å². The monoisotopic (exact) mass is 227 g/mol. The van der Waals surface area contributed by atoms with E-state index in [1.807, 2.05) is 13.8 Å². The van der Waals surface area contributed by atoms with Crippen molar-refractivity contribution in [1.82, 2.24) is 0 Å². The van der Waals surface area contributed by atoms with E-state index in [1.54, 1.807) is 0 Å². The molecule has 1 aliphatic carbocycles. The molecule has 1 fully saturated rings. The Morgan fingerprint density at radius 3 is 2.29 bits per heavy atom. The van der Waals surface area contributed by atoms with E-state index in [1.165, 1.54) is 0 Å². The number of alkyl halides is 3. The van der Waals surface area contributed by atoms with Crippen molar-refractivity contribution >= 4 is 11.6 Å². The highest BCUT2D eigenvalue weighted by Crippen LogP contribution is 2.59. The van der Waals surface area contributed by atoms with Crippen LogP contribution in [0.3, 0.4) is 0 Å². The average molecular weight is 228 g/mol. The summed E-state index contributed by atoms with van der Waals surface area (Å²) < 4.78 is 36.3. The summed E-state index contributed by atoms with van der Waals surface area (Å²) in [7, 11) is 0. The zero-order chi connectivity index (χ0) is 11.1. The first-order chi connectivity index (χ1) is 6.21. The fourth-order valence-electron chi connectivity index (χ4n) is 1.82. The van der Waals surface area contributed by atoms with Crippen molar-refractivity contribution in [3.8, 4) is 0 Å². The molecule has 1 saturated carbocycles. The molecule has 1 aliphatic rings. The largest absolute Gasteiger partial charge is 0.426 e. The van der Waals surface area contributed by atoms with E-state index in [0.29, 0.717) is 6.54 Å². The highest BCUT2D eigenvalue weighted by molar-refractivity contribution is 6.30. The average Bonchev–Trinajstić information content (AvgIpc) is 2.51. The minimum Gasteiger partial charge on any atom is -0.330 e. The summed E-state index contributed by atoms with van der Waals surface area (Å²) in [4.78, 5) is 0. The minimum atomic E-state index is -4.43. The summed E-state index contributed by atoms with van der Waals surface area (Å²) in [6.07, 6.45) is -3.35. The highest BCUT2D eigenvalue weighted by Gasteiger charge is 2.56. The Hall–Kier alpha value is -0.220. The van der Waals surface area contributed by atoms with Crippen LogP contribution in [0.15, 0.2) is 11.1 Å². The van der Waals surface area contributed by atoms with Crippen LogP contribution in [0.25, 0.3) is 0 Å². The predicted molar refractivity (Wildman–Crippen MR) is 49.8 cm³/mol. The summed E-state index contributed by atoms with van der Waals surface area (Å²) in [6.45, 7) is 4.19. The van der Waals surface area contributed by atoms with E-state index in [4.69, 9.17) is 17.3 Å². The van der Waals surface area contributed by atoms with Gasteiger partial charge in [0.05, 0.1) is 0 Å². The van der Waals surface area contributed by atoms with E-state index >= 15 is 0 Å². The molecule has 1 nitrogen and oxygen atoms in total. The van der Waals surface area contributed by atoms with Gasteiger partial charge >= 0.3 is 6.18 Å². The summed E-state index contributed by atoms with van der Waals surface area (Å²) in [5, 5.41) is -1.04. The van der Waals surface area contributed by atoms with Crippen LogP contribution >= 0.6 is 11.6 Å². The van der Waals surface area contributed by atoms with Gasteiger partial charge in [-0.05, 0) is 23.8 Å². The molecule has 0 spiro atoms. The summed E-state index contributed by atoms with van der Waals surface area (Å²) in [5.41, 5.74) is 5.28. The number of nitrogens with two attached hydrogens (primary N) is 1. The van der Waals surface area contributed by atoms with Crippen molar-refractivity contribution in [1.29, 1.82) is 0 Å². The van der Waals surface area contributed by atoms with Gasteiger partial charge in [-0.1, -0.05) is 31.5 Å². The second kappa shape index (κ2) is 3.42. The van der Waals surface area contributed by atoms with Gasteiger partial charge in [0.25, 0.3) is 0 Å². The number of hydrogen-bond acceptors (Lipinski definition) is 1. The Labute approximate surface area is 86.1 Å². The number of halogens is 4. The second-order valence-electron chi connectivity index (χ2n) is 4.20. The normalized spacial score (nSPS) is 31.8. The lowest BCUT2D eigenvalue weighted by atomic mass is 10.1. The third-order valence-corrected chi connectivity index (χ3v) is 3.33. The molecule has 5 heteroatoms. The lowest BCUT2D eigenvalue weighted by Gasteiger charge is -2.04. The Morgan fingerprint density at radius 1 is 1.50 bits per heavy atom. The zero-order valence-corrected chi connectivity index (χ0v) is 8.78. The van der Waals surface area contributed by atoms with E-state index in [-0.39, 0.29) is 17.3 Å². The van der Waals surface area contributed by atoms with Crippen molar-refractivity contribution in [3.05, 3.63) is 11.1 Å². The molecule has 0 aliphatic heterocycles. The van der Waals surface area contributed by atoms with Gasteiger partial charge in [0.2, 0.25) is 0 Å². The Kier molecular flexibility index (Phi) is 2.89. The van der Waals surface area contributed by atoms with Gasteiger partial charge in [-0.15, -0.1) is 0 Å². The van der Waals surface area contributed by atoms with Crippen LogP contribution < -0.4 is 5.73 Å². The van der Waals surface area contributed by atoms with Crippen LogP contribution in [0.5, 0.6) is 0 Å². The fraction of sp³-hybridized carbons (Fsp3) is 0.778. The van der Waals surface area contributed by atoms with Crippen LogP contribution in [-0.2, 0) is 0 Å². The van der Waals surface area contributed by atoms with Crippen LogP contribution in [0.4, 0.5) is 13.2 Å². The topological polar surface area (TPSA) is 26.0 Å². The number of hydrogen-bond donors (Lipinski definition) is 1. The molecule has 2 N–H and O–H groups in total. The van der Waals surface area contributed by atoms with Crippen molar-refractivity contribution in [2.45, 2.75) is 20.0 Å². The first-order valence-electron chi connectivity index (χ1n) is 4.36. The number of rotatable bonds is 2. The molecular formula is C9H13ClF3N. The Bertz CT molecular complexity index is 257. The quantitative estimate of drug-likeness (QED) is 0.771. The molecule has 2 unspecified atom stereocenters. The zero-order valence-electron chi connectivity index (χ0n) is 8.03. The molecule has 0 amide bonds. The molecule has 14 heavy (non-hydrogen) atoms. The maximum atomic E-state index is 12.1. The summed E-state index contributed by atoms with van der Waals surface area (Å²) >= 11 is 5.14. The highest BCUT2D eigenvalue weighted by atomic mass is 35.5. The maximum Gasteiger partial charge on any atom is 0.426 e. The molecule has 1 rings (SSSR count). The second-order valence-corrected chi connectivity index (χ2v) is 4.61. The summed E-state index contributed by atoms with van der Waals surface area (Å²) in [5.74, 6) is -0.0415. The first kappa shape index (κ1) is 11.9. The van der Waals surface area contributed by atoms with E-state index in [0.717, 1.165) is 6.08 Å². The SMILES string of the molecule is CC1(C)C(C=C(Cl)C(F)(F)F)C1CN. The van der Waals surface area contributed by atoms with Crippen LogP contribution in [0.1, 0.15) is 13.8 Å². The summed E-state index contributed by atoms with van der Waals surface area (Å²) in [6, 6.07) is 0. The van der Waals surface area contributed by atoms with E-state index in [9.17, 15) is 13.2 Å². The first-order valence-corrected chi connectivity index (χ1v) is 4.73. The van der Waals surface area contributed by atoms with Crippen LogP contribution in [-0.4, -0.2) is 12.7 Å². The molecule has 0 aromatic heterocycles. The lowest BCUT2D eigenvalue weighted by Crippen LogP contribution is -2.08. The van der Waals surface area contributed by atoms with Gasteiger partial charge in [0, 0.05) is 0 Å². The Balaban J connectivity index is 2.72. The van der Waals surface area contributed by atoms with Gasteiger partial charge < -0.3 is 5.73 Å². The maximum absolute atomic E-state index is 12.1. The lowest BCUT2D eigenvalue weighted by molar-refractivity contribution is -0.0848. The van der Waals surface area contributed by atoms with Gasteiger partial charge in [0.1, 0.15) is 5.03 Å². The molecule has 0 aromatic rings. The third-order valence-electron chi connectivity index (χ3n) is 2.99. The third kappa shape index (κ3) is 2.06. The predicted octanol–water partition coefficient (Wildman–Crippen LogP) is 2.90. The molecule has 0 bridgehead atoms. The molecule has 0 saturated heterocycles.